The molecule has 0 bridgehead atoms. The molecule has 8 heteroatoms. The summed E-state index contributed by atoms with van der Waals surface area (Å²) < 4.78 is 1.38. The molecule has 3 N–H and O–H groups in total. The molecule has 1 amide bonds. The summed E-state index contributed by atoms with van der Waals surface area (Å²) in [6.45, 7) is -0.0628. The Hall–Kier alpha value is -3.16. The van der Waals surface area contributed by atoms with E-state index < -0.39 is 17.8 Å². The zero-order valence-corrected chi connectivity index (χ0v) is 10.7. The van der Waals surface area contributed by atoms with Gasteiger partial charge < -0.3 is 15.5 Å². The SMILES string of the molecule is O=C(Cn1cccn1)Nc1cc(C(=O)O)cc(C(=O)O)c1. The summed E-state index contributed by atoms with van der Waals surface area (Å²) in [6.07, 6.45) is 3.11. The predicted octanol–water partition coefficient (Wildman–Crippen LogP) is 0.918. The predicted molar refractivity (Wildman–Crippen MR) is 71.2 cm³/mol. The van der Waals surface area contributed by atoms with Crippen LogP contribution in [-0.4, -0.2) is 37.8 Å². The topological polar surface area (TPSA) is 122 Å². The number of carboxylic acids is 2. The minimum absolute atomic E-state index is 0.0628. The van der Waals surface area contributed by atoms with Gasteiger partial charge in [-0.3, -0.25) is 9.48 Å². The van der Waals surface area contributed by atoms with Crippen molar-refractivity contribution in [3.05, 3.63) is 47.8 Å². The number of aromatic carboxylic acids is 2. The third-order valence-corrected chi connectivity index (χ3v) is 2.58. The second-order valence-electron chi connectivity index (χ2n) is 4.16. The van der Waals surface area contributed by atoms with E-state index in [-0.39, 0.29) is 23.4 Å². The Labute approximate surface area is 118 Å². The van der Waals surface area contributed by atoms with Crippen LogP contribution in [0.25, 0.3) is 0 Å². The highest BCUT2D eigenvalue weighted by molar-refractivity contribution is 5.98. The lowest BCUT2D eigenvalue weighted by atomic mass is 10.1. The molecule has 8 nitrogen and oxygen atoms in total. The van der Waals surface area contributed by atoms with Crippen LogP contribution in [0.1, 0.15) is 20.7 Å². The third-order valence-electron chi connectivity index (χ3n) is 2.58. The fourth-order valence-corrected chi connectivity index (χ4v) is 1.69. The number of aromatic nitrogens is 2. The van der Waals surface area contributed by atoms with Gasteiger partial charge in [0, 0.05) is 18.1 Å². The molecule has 0 saturated carbocycles. The van der Waals surface area contributed by atoms with E-state index in [1.54, 1.807) is 12.3 Å². The van der Waals surface area contributed by atoms with E-state index in [2.05, 4.69) is 10.4 Å². The largest absolute Gasteiger partial charge is 0.478 e. The minimum atomic E-state index is -1.28. The van der Waals surface area contributed by atoms with Crippen LogP contribution in [0.5, 0.6) is 0 Å². The van der Waals surface area contributed by atoms with Crippen molar-refractivity contribution >= 4 is 23.5 Å². The smallest absolute Gasteiger partial charge is 0.335 e. The number of nitrogens with zero attached hydrogens (tertiary/aromatic N) is 2. The molecule has 1 heterocycles. The number of anilines is 1. The maximum atomic E-state index is 11.8. The first-order valence-electron chi connectivity index (χ1n) is 5.84. The number of hydrogen-bond acceptors (Lipinski definition) is 4. The number of nitrogens with one attached hydrogen (secondary N) is 1. The second kappa shape index (κ2) is 5.87. The Balaban J connectivity index is 2.20. The number of rotatable bonds is 5. The Morgan fingerprint density at radius 2 is 1.71 bits per heavy atom. The van der Waals surface area contributed by atoms with E-state index in [0.717, 1.165) is 6.07 Å². The second-order valence-corrected chi connectivity index (χ2v) is 4.16. The number of benzene rings is 1. The molecular weight excluding hydrogens is 278 g/mol. The molecule has 0 fully saturated rings. The zero-order chi connectivity index (χ0) is 15.4. The first-order chi connectivity index (χ1) is 9.95. The van der Waals surface area contributed by atoms with Gasteiger partial charge in [-0.15, -0.1) is 0 Å². The fraction of sp³-hybridized carbons (Fsp3) is 0.0769. The maximum absolute atomic E-state index is 11.8. The molecule has 0 aliphatic heterocycles. The van der Waals surface area contributed by atoms with Crippen LogP contribution >= 0.6 is 0 Å². The summed E-state index contributed by atoms with van der Waals surface area (Å²) in [6, 6.07) is 5.06. The molecular formula is C13H11N3O5. The fourth-order valence-electron chi connectivity index (χ4n) is 1.69. The molecule has 0 radical (unpaired) electrons. The quantitative estimate of drug-likeness (QED) is 0.752. The molecule has 0 saturated heterocycles. The molecule has 108 valence electrons. The van der Waals surface area contributed by atoms with E-state index in [4.69, 9.17) is 10.2 Å². The summed E-state index contributed by atoms with van der Waals surface area (Å²) in [5, 5.41) is 24.2. The normalized spacial score (nSPS) is 10.1. The highest BCUT2D eigenvalue weighted by Gasteiger charge is 2.13. The number of carboxylic acid groups (broad SMARTS) is 2. The van der Waals surface area contributed by atoms with Gasteiger partial charge >= 0.3 is 11.9 Å². The number of hydrogen-bond donors (Lipinski definition) is 3. The van der Waals surface area contributed by atoms with E-state index in [9.17, 15) is 14.4 Å². The van der Waals surface area contributed by atoms with Crippen molar-refractivity contribution in [3.63, 3.8) is 0 Å². The van der Waals surface area contributed by atoms with Crippen LogP contribution in [-0.2, 0) is 11.3 Å². The van der Waals surface area contributed by atoms with Crippen LogP contribution in [0.2, 0.25) is 0 Å². The van der Waals surface area contributed by atoms with Crippen LogP contribution in [0, 0.1) is 0 Å². The first kappa shape index (κ1) is 14.3. The molecule has 0 spiro atoms. The summed E-state index contributed by atoms with van der Waals surface area (Å²) in [5.41, 5.74) is -0.335. The molecule has 0 unspecified atom stereocenters. The summed E-state index contributed by atoms with van der Waals surface area (Å²) >= 11 is 0. The molecule has 2 rings (SSSR count). The molecule has 2 aromatic rings. The van der Waals surface area contributed by atoms with Gasteiger partial charge in [0.25, 0.3) is 0 Å². The number of carbonyl (C=O) groups excluding carboxylic acids is 1. The Kier molecular flexibility index (Phi) is 3.98. The van der Waals surface area contributed by atoms with Crippen molar-refractivity contribution in [2.75, 3.05) is 5.32 Å². The van der Waals surface area contributed by atoms with Crippen molar-refractivity contribution < 1.29 is 24.6 Å². The average Bonchev–Trinajstić information content (AvgIpc) is 2.90. The standard InChI is InChI=1S/C13H11N3O5/c17-11(7-16-3-1-2-14-16)15-10-5-8(12(18)19)4-9(6-10)13(20)21/h1-6H,7H2,(H,15,17)(H,18,19)(H,20,21). The van der Waals surface area contributed by atoms with Crippen molar-refractivity contribution in [1.29, 1.82) is 0 Å². The molecule has 21 heavy (non-hydrogen) atoms. The zero-order valence-electron chi connectivity index (χ0n) is 10.7. The summed E-state index contributed by atoms with van der Waals surface area (Å²) in [5.74, 6) is -3.00. The number of carbonyl (C=O) groups is 3. The van der Waals surface area contributed by atoms with Crippen LogP contribution in [0.15, 0.2) is 36.7 Å². The van der Waals surface area contributed by atoms with Gasteiger partial charge in [-0.2, -0.15) is 5.10 Å². The van der Waals surface area contributed by atoms with Gasteiger partial charge in [0.05, 0.1) is 11.1 Å². The minimum Gasteiger partial charge on any atom is -0.478 e. The lowest BCUT2D eigenvalue weighted by molar-refractivity contribution is -0.116. The van der Waals surface area contributed by atoms with Crippen molar-refractivity contribution in [1.82, 2.24) is 9.78 Å². The lowest BCUT2D eigenvalue weighted by Crippen LogP contribution is -2.19. The van der Waals surface area contributed by atoms with Gasteiger partial charge in [0.15, 0.2) is 0 Å². The molecule has 0 aliphatic rings. The van der Waals surface area contributed by atoms with Crippen LogP contribution in [0.3, 0.4) is 0 Å². The number of amides is 1. The van der Waals surface area contributed by atoms with E-state index in [1.807, 2.05) is 0 Å². The van der Waals surface area contributed by atoms with Gasteiger partial charge in [-0.25, -0.2) is 9.59 Å². The molecule has 0 atom stereocenters. The van der Waals surface area contributed by atoms with Crippen molar-refractivity contribution in [2.24, 2.45) is 0 Å². The Bertz CT molecular complexity index is 662. The average molecular weight is 289 g/mol. The van der Waals surface area contributed by atoms with Gasteiger partial charge in [-0.1, -0.05) is 0 Å². The van der Waals surface area contributed by atoms with Crippen LogP contribution in [0.4, 0.5) is 5.69 Å². The van der Waals surface area contributed by atoms with Gasteiger partial charge in [0.1, 0.15) is 6.54 Å². The van der Waals surface area contributed by atoms with Gasteiger partial charge in [-0.05, 0) is 24.3 Å². The first-order valence-corrected chi connectivity index (χ1v) is 5.84. The summed E-state index contributed by atoms with van der Waals surface area (Å²) in [4.78, 5) is 33.7. The lowest BCUT2D eigenvalue weighted by Gasteiger charge is -2.08. The molecule has 1 aromatic heterocycles. The Morgan fingerprint density at radius 1 is 1.10 bits per heavy atom. The Morgan fingerprint density at radius 3 is 2.19 bits per heavy atom. The van der Waals surface area contributed by atoms with Crippen LogP contribution < -0.4 is 5.32 Å². The van der Waals surface area contributed by atoms with Gasteiger partial charge in [0.2, 0.25) is 5.91 Å². The van der Waals surface area contributed by atoms with Crippen molar-refractivity contribution in [2.45, 2.75) is 6.54 Å². The van der Waals surface area contributed by atoms with E-state index in [0.29, 0.717) is 0 Å². The van der Waals surface area contributed by atoms with Crippen molar-refractivity contribution in [3.8, 4) is 0 Å². The maximum Gasteiger partial charge on any atom is 0.335 e. The molecule has 0 aliphatic carbocycles. The molecule has 1 aromatic carbocycles. The highest BCUT2D eigenvalue weighted by Crippen LogP contribution is 2.15. The van der Waals surface area contributed by atoms with E-state index >= 15 is 0 Å². The highest BCUT2D eigenvalue weighted by atomic mass is 16.4. The summed E-state index contributed by atoms with van der Waals surface area (Å²) in [7, 11) is 0. The monoisotopic (exact) mass is 289 g/mol. The van der Waals surface area contributed by atoms with E-state index in [1.165, 1.54) is 23.0 Å². The third kappa shape index (κ3) is 3.66.